The second kappa shape index (κ2) is 7.64. The van der Waals surface area contributed by atoms with Crippen LogP contribution in [-0.4, -0.2) is 36.9 Å². The molecule has 0 unspecified atom stereocenters. The van der Waals surface area contributed by atoms with E-state index >= 15 is 0 Å². The fourth-order valence-electron chi connectivity index (χ4n) is 0.958. The molecule has 0 aliphatic heterocycles. The maximum absolute atomic E-state index is 11.7. The van der Waals surface area contributed by atoms with Crippen molar-refractivity contribution in [1.82, 2.24) is 5.01 Å². The Kier molecular flexibility index (Phi) is 6.92. The minimum Gasteiger partial charge on any atom is -0.459 e. The Balaban J connectivity index is 3.62. The van der Waals surface area contributed by atoms with Crippen molar-refractivity contribution in [3.05, 3.63) is 17.6 Å². The van der Waals surface area contributed by atoms with E-state index in [-0.39, 0.29) is 26.1 Å². The standard InChI is InChI=1S/C9H13F3N2O3/c1-2-5-14(13-16)6-3-4-7-17-8(15)9(10,11)12/h2H,1,3-7H2. The van der Waals surface area contributed by atoms with Gasteiger partial charge in [0.05, 0.1) is 18.4 Å². The molecular formula is C9H13F3N2O3. The quantitative estimate of drug-likeness (QED) is 0.219. The number of esters is 1. The molecule has 17 heavy (non-hydrogen) atoms. The molecule has 0 aromatic heterocycles. The van der Waals surface area contributed by atoms with Gasteiger partial charge in [-0.25, -0.2) is 4.79 Å². The Bertz CT molecular complexity index is 269. The molecule has 0 spiro atoms. The highest BCUT2D eigenvalue weighted by Gasteiger charge is 2.40. The molecule has 0 aliphatic carbocycles. The molecular weight excluding hydrogens is 241 g/mol. The van der Waals surface area contributed by atoms with E-state index in [1.807, 2.05) is 0 Å². The van der Waals surface area contributed by atoms with Crippen LogP contribution in [0.25, 0.3) is 0 Å². The number of unbranched alkanes of at least 4 members (excludes halogenated alkanes) is 1. The predicted molar refractivity (Wildman–Crippen MR) is 53.8 cm³/mol. The summed E-state index contributed by atoms with van der Waals surface area (Å²) >= 11 is 0. The van der Waals surface area contributed by atoms with Gasteiger partial charge in [0, 0.05) is 6.54 Å². The zero-order valence-corrected chi connectivity index (χ0v) is 9.07. The summed E-state index contributed by atoms with van der Waals surface area (Å²) in [5, 5.41) is 3.84. The summed E-state index contributed by atoms with van der Waals surface area (Å²) in [6.07, 6.45) is -2.86. The minimum absolute atomic E-state index is 0.227. The summed E-state index contributed by atoms with van der Waals surface area (Å²) in [5.74, 6) is -2.20. The van der Waals surface area contributed by atoms with Gasteiger partial charge >= 0.3 is 12.1 Å². The van der Waals surface area contributed by atoms with Gasteiger partial charge in [0.2, 0.25) is 0 Å². The van der Waals surface area contributed by atoms with E-state index in [0.717, 1.165) is 0 Å². The Labute approximate surface area is 96.2 Å². The number of hydrogen-bond acceptors (Lipinski definition) is 4. The fourth-order valence-corrected chi connectivity index (χ4v) is 0.958. The lowest BCUT2D eigenvalue weighted by atomic mass is 10.3. The molecule has 0 bridgehead atoms. The number of hydrogen-bond donors (Lipinski definition) is 0. The largest absolute Gasteiger partial charge is 0.490 e. The van der Waals surface area contributed by atoms with E-state index in [1.165, 1.54) is 11.1 Å². The third kappa shape index (κ3) is 7.31. The van der Waals surface area contributed by atoms with E-state index in [0.29, 0.717) is 6.42 Å². The first-order valence-corrected chi connectivity index (χ1v) is 4.85. The van der Waals surface area contributed by atoms with E-state index in [1.54, 1.807) is 0 Å². The monoisotopic (exact) mass is 254 g/mol. The van der Waals surface area contributed by atoms with Gasteiger partial charge in [-0.2, -0.15) is 13.2 Å². The lowest BCUT2D eigenvalue weighted by Gasteiger charge is -2.12. The summed E-state index contributed by atoms with van der Waals surface area (Å²) in [7, 11) is 0. The molecule has 0 radical (unpaired) electrons. The van der Waals surface area contributed by atoms with Gasteiger partial charge in [-0.1, -0.05) is 6.08 Å². The summed E-state index contributed by atoms with van der Waals surface area (Å²) in [5.41, 5.74) is 0. The summed E-state index contributed by atoms with van der Waals surface area (Å²) in [4.78, 5) is 20.5. The van der Waals surface area contributed by atoms with Crippen LogP contribution in [0.3, 0.4) is 0 Å². The minimum atomic E-state index is -4.96. The van der Waals surface area contributed by atoms with Crippen LogP contribution >= 0.6 is 0 Å². The number of nitroso groups, excluding NO2 is 1. The van der Waals surface area contributed by atoms with Gasteiger partial charge in [0.15, 0.2) is 0 Å². The van der Waals surface area contributed by atoms with E-state index < -0.39 is 12.1 Å². The number of alkyl halides is 3. The topological polar surface area (TPSA) is 59.0 Å². The van der Waals surface area contributed by atoms with Crippen LogP contribution < -0.4 is 0 Å². The molecule has 0 rings (SSSR count). The van der Waals surface area contributed by atoms with Gasteiger partial charge in [-0.15, -0.1) is 11.5 Å². The molecule has 0 atom stereocenters. The van der Waals surface area contributed by atoms with Crippen LogP contribution in [0.2, 0.25) is 0 Å². The van der Waals surface area contributed by atoms with E-state index in [2.05, 4.69) is 16.6 Å². The van der Waals surface area contributed by atoms with Crippen molar-refractivity contribution in [1.29, 1.82) is 0 Å². The van der Waals surface area contributed by atoms with Crippen LogP contribution in [-0.2, 0) is 9.53 Å². The van der Waals surface area contributed by atoms with Crippen molar-refractivity contribution in [3.63, 3.8) is 0 Å². The predicted octanol–water partition coefficient (Wildman–Crippen LogP) is 2.04. The van der Waals surface area contributed by atoms with Gasteiger partial charge in [-0.3, -0.25) is 5.01 Å². The van der Waals surface area contributed by atoms with Crippen LogP contribution in [0, 0.1) is 4.91 Å². The maximum atomic E-state index is 11.7. The first-order chi connectivity index (χ1) is 7.91. The fraction of sp³-hybridized carbons (Fsp3) is 0.667. The molecule has 0 N–H and O–H groups in total. The number of halogens is 3. The van der Waals surface area contributed by atoms with E-state index in [9.17, 15) is 22.9 Å². The average Bonchev–Trinajstić information content (AvgIpc) is 2.25. The van der Waals surface area contributed by atoms with Crippen molar-refractivity contribution in [2.75, 3.05) is 19.7 Å². The van der Waals surface area contributed by atoms with Gasteiger partial charge in [-0.05, 0) is 12.8 Å². The van der Waals surface area contributed by atoms with E-state index in [4.69, 9.17) is 0 Å². The number of carbonyl (C=O) groups is 1. The van der Waals surface area contributed by atoms with Gasteiger partial charge in [0.1, 0.15) is 0 Å². The molecule has 0 aromatic carbocycles. The lowest BCUT2D eigenvalue weighted by Crippen LogP contribution is -2.26. The average molecular weight is 254 g/mol. The second-order valence-corrected chi connectivity index (χ2v) is 3.12. The zero-order chi connectivity index (χ0) is 13.3. The maximum Gasteiger partial charge on any atom is 0.490 e. The van der Waals surface area contributed by atoms with Crippen LogP contribution in [0.5, 0.6) is 0 Å². The SMILES string of the molecule is C=CCN(CCCCOC(=O)C(F)(F)F)N=O. The number of ether oxygens (including phenoxy) is 1. The third-order valence-electron chi connectivity index (χ3n) is 1.73. The molecule has 8 heteroatoms. The molecule has 0 aliphatic rings. The smallest absolute Gasteiger partial charge is 0.459 e. The van der Waals surface area contributed by atoms with Crippen molar-refractivity contribution < 1.29 is 22.7 Å². The highest BCUT2D eigenvalue weighted by atomic mass is 19.4. The molecule has 0 saturated carbocycles. The summed E-state index contributed by atoms with van der Waals surface area (Å²) in [6.45, 7) is 3.62. The van der Waals surface area contributed by atoms with Crippen molar-refractivity contribution in [3.8, 4) is 0 Å². The first-order valence-electron chi connectivity index (χ1n) is 4.85. The molecule has 0 heterocycles. The Morgan fingerprint density at radius 2 is 2.06 bits per heavy atom. The molecule has 5 nitrogen and oxygen atoms in total. The second-order valence-electron chi connectivity index (χ2n) is 3.12. The highest BCUT2D eigenvalue weighted by Crippen LogP contribution is 2.16. The molecule has 0 fully saturated rings. The highest BCUT2D eigenvalue weighted by molar-refractivity contribution is 5.75. The number of nitrogens with zero attached hydrogens (tertiary/aromatic N) is 2. The number of carbonyl (C=O) groups excluding carboxylic acids is 1. The van der Waals surface area contributed by atoms with Gasteiger partial charge < -0.3 is 4.74 Å². The number of rotatable bonds is 8. The molecule has 0 amide bonds. The third-order valence-corrected chi connectivity index (χ3v) is 1.73. The normalized spacial score (nSPS) is 10.8. The Morgan fingerprint density at radius 1 is 1.41 bits per heavy atom. The lowest BCUT2D eigenvalue weighted by molar-refractivity contribution is -0.199. The van der Waals surface area contributed by atoms with Crippen molar-refractivity contribution in [2.45, 2.75) is 19.0 Å². The van der Waals surface area contributed by atoms with Gasteiger partial charge in [0.25, 0.3) is 0 Å². The molecule has 0 aromatic rings. The van der Waals surface area contributed by atoms with Crippen molar-refractivity contribution >= 4 is 5.97 Å². The molecule has 98 valence electrons. The Morgan fingerprint density at radius 3 is 2.53 bits per heavy atom. The Hall–Kier alpha value is -1.60. The van der Waals surface area contributed by atoms with Crippen LogP contribution in [0.4, 0.5) is 13.2 Å². The van der Waals surface area contributed by atoms with Crippen LogP contribution in [0.1, 0.15) is 12.8 Å². The molecule has 0 saturated heterocycles. The summed E-state index contributed by atoms with van der Waals surface area (Å²) in [6, 6.07) is 0. The van der Waals surface area contributed by atoms with Crippen LogP contribution in [0.15, 0.2) is 17.9 Å². The van der Waals surface area contributed by atoms with Crippen molar-refractivity contribution in [2.24, 2.45) is 5.29 Å². The summed E-state index contributed by atoms with van der Waals surface area (Å²) < 4.78 is 39.0. The first kappa shape index (κ1) is 15.4. The zero-order valence-electron chi connectivity index (χ0n) is 9.07.